The normalized spacial score (nSPS) is 27.1. The molecule has 1 saturated carbocycles. The average molecular weight is 235 g/mol. The standard InChI is InChI=1S/C13H17NO3/c1-13(16)7-11(8-13)14-12(15)17-9-10-5-3-2-4-6-10/h2-6,11,16H,7-9H2,1H3,(H,14,15). The molecule has 0 bridgehead atoms. The van der Waals surface area contributed by atoms with Crippen molar-refractivity contribution >= 4 is 6.09 Å². The summed E-state index contributed by atoms with van der Waals surface area (Å²) in [5, 5.41) is 12.2. The number of aliphatic hydroxyl groups is 1. The van der Waals surface area contributed by atoms with Crippen molar-refractivity contribution in [1.82, 2.24) is 5.32 Å². The summed E-state index contributed by atoms with van der Waals surface area (Å²) in [5.41, 5.74) is 0.334. The highest BCUT2D eigenvalue weighted by Crippen LogP contribution is 2.31. The van der Waals surface area contributed by atoms with Crippen molar-refractivity contribution in [3.63, 3.8) is 0 Å². The highest BCUT2D eigenvalue weighted by Gasteiger charge is 2.39. The molecule has 0 aromatic heterocycles. The minimum atomic E-state index is -0.628. The maximum absolute atomic E-state index is 11.4. The molecule has 1 aliphatic rings. The summed E-state index contributed by atoms with van der Waals surface area (Å²) in [6.45, 7) is 2.04. The van der Waals surface area contributed by atoms with Crippen molar-refractivity contribution in [3.05, 3.63) is 35.9 Å². The van der Waals surface area contributed by atoms with Crippen LogP contribution in [0.4, 0.5) is 4.79 Å². The minimum Gasteiger partial charge on any atom is -0.445 e. The van der Waals surface area contributed by atoms with E-state index in [1.165, 1.54) is 0 Å². The monoisotopic (exact) mass is 235 g/mol. The van der Waals surface area contributed by atoms with Crippen molar-refractivity contribution in [2.24, 2.45) is 0 Å². The molecule has 0 saturated heterocycles. The van der Waals surface area contributed by atoms with Crippen molar-refractivity contribution in [2.45, 2.75) is 38.0 Å². The number of rotatable bonds is 3. The van der Waals surface area contributed by atoms with E-state index in [-0.39, 0.29) is 12.6 Å². The highest BCUT2D eigenvalue weighted by atomic mass is 16.5. The lowest BCUT2D eigenvalue weighted by molar-refractivity contribution is -0.0381. The lowest BCUT2D eigenvalue weighted by atomic mass is 9.77. The third-order valence-corrected chi connectivity index (χ3v) is 2.91. The predicted molar refractivity (Wildman–Crippen MR) is 63.4 cm³/mol. The average Bonchev–Trinajstić information content (AvgIpc) is 2.25. The van der Waals surface area contributed by atoms with Crippen molar-refractivity contribution in [3.8, 4) is 0 Å². The van der Waals surface area contributed by atoms with Crippen LogP contribution in [0.3, 0.4) is 0 Å². The zero-order valence-corrected chi connectivity index (χ0v) is 9.85. The van der Waals surface area contributed by atoms with Gasteiger partial charge in [0.2, 0.25) is 0 Å². The zero-order valence-electron chi connectivity index (χ0n) is 9.85. The number of amides is 1. The molecule has 1 aromatic rings. The molecule has 1 aliphatic carbocycles. The molecule has 2 rings (SSSR count). The summed E-state index contributed by atoms with van der Waals surface area (Å²) < 4.78 is 5.07. The smallest absolute Gasteiger partial charge is 0.407 e. The molecule has 4 heteroatoms. The largest absolute Gasteiger partial charge is 0.445 e. The van der Waals surface area contributed by atoms with Crippen LogP contribution in [-0.4, -0.2) is 22.8 Å². The minimum absolute atomic E-state index is 0.0354. The maximum atomic E-state index is 11.4. The Morgan fingerprint density at radius 3 is 2.71 bits per heavy atom. The van der Waals surface area contributed by atoms with E-state index in [1.807, 2.05) is 30.3 Å². The van der Waals surface area contributed by atoms with Gasteiger partial charge in [-0.2, -0.15) is 0 Å². The first-order valence-corrected chi connectivity index (χ1v) is 5.75. The lowest BCUT2D eigenvalue weighted by Crippen LogP contribution is -2.53. The van der Waals surface area contributed by atoms with Gasteiger partial charge in [-0.1, -0.05) is 30.3 Å². The Labute approximate surface area is 101 Å². The molecule has 92 valence electrons. The van der Waals surface area contributed by atoms with Gasteiger partial charge < -0.3 is 15.2 Å². The lowest BCUT2D eigenvalue weighted by Gasteiger charge is -2.40. The van der Waals surface area contributed by atoms with Crippen molar-refractivity contribution in [2.75, 3.05) is 0 Å². The summed E-state index contributed by atoms with van der Waals surface area (Å²) in [6.07, 6.45) is 0.760. The van der Waals surface area contributed by atoms with Crippen LogP contribution in [-0.2, 0) is 11.3 Å². The first kappa shape index (κ1) is 11.9. The van der Waals surface area contributed by atoms with Gasteiger partial charge in [0.25, 0.3) is 0 Å². The van der Waals surface area contributed by atoms with Crippen LogP contribution in [0.1, 0.15) is 25.3 Å². The van der Waals surface area contributed by atoms with Crippen LogP contribution < -0.4 is 5.32 Å². The van der Waals surface area contributed by atoms with Gasteiger partial charge in [0.1, 0.15) is 6.61 Å². The molecule has 0 atom stereocenters. The van der Waals surface area contributed by atoms with E-state index < -0.39 is 11.7 Å². The van der Waals surface area contributed by atoms with E-state index in [2.05, 4.69) is 5.32 Å². The number of hydrogen-bond acceptors (Lipinski definition) is 3. The molecule has 4 nitrogen and oxygen atoms in total. The quantitative estimate of drug-likeness (QED) is 0.840. The van der Waals surface area contributed by atoms with Crippen LogP contribution in [0.25, 0.3) is 0 Å². The van der Waals surface area contributed by atoms with E-state index in [0.29, 0.717) is 12.8 Å². The van der Waals surface area contributed by atoms with Crippen molar-refractivity contribution < 1.29 is 14.6 Å². The molecule has 0 aliphatic heterocycles. The third kappa shape index (κ3) is 3.46. The number of carbonyl (C=O) groups is 1. The van der Waals surface area contributed by atoms with Gasteiger partial charge in [-0.05, 0) is 25.3 Å². The van der Waals surface area contributed by atoms with Gasteiger partial charge in [-0.3, -0.25) is 0 Å². The molecular weight excluding hydrogens is 218 g/mol. The molecule has 1 fully saturated rings. The molecule has 0 spiro atoms. The van der Waals surface area contributed by atoms with Gasteiger partial charge in [0.05, 0.1) is 5.60 Å². The highest BCUT2D eigenvalue weighted by molar-refractivity contribution is 5.67. The number of carbonyl (C=O) groups excluding carboxylic acids is 1. The number of nitrogens with one attached hydrogen (secondary N) is 1. The third-order valence-electron chi connectivity index (χ3n) is 2.91. The molecule has 17 heavy (non-hydrogen) atoms. The Balaban J connectivity index is 1.69. The molecule has 2 N–H and O–H groups in total. The van der Waals surface area contributed by atoms with Crippen LogP contribution in [0.15, 0.2) is 30.3 Å². The fourth-order valence-electron chi connectivity index (χ4n) is 2.04. The summed E-state index contributed by atoms with van der Waals surface area (Å²) in [7, 11) is 0. The Hall–Kier alpha value is -1.55. The predicted octanol–water partition coefficient (Wildman–Crippen LogP) is 1.83. The zero-order chi connectivity index (χ0) is 12.3. The summed E-state index contributed by atoms with van der Waals surface area (Å²) >= 11 is 0. The second kappa shape index (κ2) is 4.75. The van der Waals surface area contributed by atoms with Crippen molar-refractivity contribution in [1.29, 1.82) is 0 Å². The van der Waals surface area contributed by atoms with Gasteiger partial charge >= 0.3 is 6.09 Å². The Morgan fingerprint density at radius 1 is 1.47 bits per heavy atom. The van der Waals surface area contributed by atoms with E-state index in [9.17, 15) is 9.90 Å². The van der Waals surface area contributed by atoms with E-state index >= 15 is 0 Å². The molecule has 0 radical (unpaired) electrons. The van der Waals surface area contributed by atoms with Gasteiger partial charge in [-0.15, -0.1) is 0 Å². The summed E-state index contributed by atoms with van der Waals surface area (Å²) in [5.74, 6) is 0. The van der Waals surface area contributed by atoms with Gasteiger partial charge in [0.15, 0.2) is 0 Å². The Bertz CT molecular complexity index is 381. The Kier molecular flexibility index (Phi) is 3.33. The summed E-state index contributed by atoms with van der Waals surface area (Å²) in [6, 6.07) is 9.57. The first-order chi connectivity index (χ1) is 8.05. The topological polar surface area (TPSA) is 58.6 Å². The SMILES string of the molecule is CC1(O)CC(NC(=O)OCc2ccccc2)C1. The number of hydrogen-bond donors (Lipinski definition) is 2. The maximum Gasteiger partial charge on any atom is 0.407 e. The van der Waals surface area contributed by atoms with Gasteiger partial charge in [-0.25, -0.2) is 4.79 Å². The van der Waals surface area contributed by atoms with E-state index in [0.717, 1.165) is 5.56 Å². The van der Waals surface area contributed by atoms with Gasteiger partial charge in [0, 0.05) is 6.04 Å². The molecule has 1 amide bonds. The number of benzene rings is 1. The summed E-state index contributed by atoms with van der Waals surface area (Å²) in [4.78, 5) is 11.4. The van der Waals surface area contributed by atoms with Crippen LogP contribution in [0.2, 0.25) is 0 Å². The second-order valence-electron chi connectivity index (χ2n) is 4.81. The number of ether oxygens (including phenoxy) is 1. The molecule has 0 unspecified atom stereocenters. The molecule has 1 aromatic carbocycles. The molecular formula is C13H17NO3. The molecule has 0 heterocycles. The Morgan fingerprint density at radius 2 is 2.12 bits per heavy atom. The van der Waals surface area contributed by atoms with E-state index in [1.54, 1.807) is 6.92 Å². The first-order valence-electron chi connectivity index (χ1n) is 5.75. The second-order valence-corrected chi connectivity index (χ2v) is 4.81. The van der Waals surface area contributed by atoms with Crippen LogP contribution in [0.5, 0.6) is 0 Å². The van der Waals surface area contributed by atoms with E-state index in [4.69, 9.17) is 4.74 Å². The fraction of sp³-hybridized carbons (Fsp3) is 0.462. The van der Waals surface area contributed by atoms with Crippen LogP contribution in [0, 0.1) is 0 Å². The fourth-order valence-corrected chi connectivity index (χ4v) is 2.04. The number of alkyl carbamates (subject to hydrolysis) is 1. The van der Waals surface area contributed by atoms with Crippen LogP contribution >= 0.6 is 0 Å².